The number of benzene rings is 1. The summed E-state index contributed by atoms with van der Waals surface area (Å²) in [5, 5.41) is 6.26. The number of anilines is 2. The van der Waals surface area contributed by atoms with E-state index in [9.17, 15) is 4.79 Å². The number of Topliss-reactive ketones (excluding diaryl/α,β-unsaturated/α-hetero) is 1. The van der Waals surface area contributed by atoms with Crippen LogP contribution in [-0.2, 0) is 11.3 Å². The zero-order chi connectivity index (χ0) is 21.4. The maximum absolute atomic E-state index is 11.4. The molecule has 5 rings (SSSR count). The topological polar surface area (TPSA) is 103 Å². The normalized spacial score (nSPS) is 13.5. The second kappa shape index (κ2) is 7.69. The van der Waals surface area contributed by atoms with Gasteiger partial charge in [0.15, 0.2) is 5.65 Å². The first-order valence-electron chi connectivity index (χ1n) is 10.2. The molecule has 0 saturated carbocycles. The molecule has 0 atom stereocenters. The second-order valence-corrected chi connectivity index (χ2v) is 7.63. The largest absolute Gasteiger partial charge is 0.383 e. The van der Waals surface area contributed by atoms with Gasteiger partial charge in [-0.1, -0.05) is 18.2 Å². The third kappa shape index (κ3) is 3.55. The maximum atomic E-state index is 11.4. The van der Waals surface area contributed by atoms with E-state index >= 15 is 0 Å². The van der Waals surface area contributed by atoms with Gasteiger partial charge in [-0.15, -0.1) is 0 Å². The minimum atomic E-state index is -0.242. The smallest absolute Gasteiger partial charge is 0.202 e. The number of nitrogens with zero attached hydrogens (tertiary/aromatic N) is 6. The van der Waals surface area contributed by atoms with Crippen LogP contribution in [0.3, 0.4) is 0 Å². The molecule has 1 saturated heterocycles. The van der Waals surface area contributed by atoms with Crippen molar-refractivity contribution < 1.29 is 4.79 Å². The highest BCUT2D eigenvalue weighted by molar-refractivity contribution is 5.96. The number of fused-ring (bicyclic) bond motifs is 2. The molecule has 1 aliphatic heterocycles. The van der Waals surface area contributed by atoms with Crippen molar-refractivity contribution in [3.8, 4) is 11.8 Å². The van der Waals surface area contributed by atoms with Gasteiger partial charge in [0.25, 0.3) is 0 Å². The van der Waals surface area contributed by atoms with E-state index in [2.05, 4.69) is 43.9 Å². The molecule has 0 amide bonds. The predicted molar refractivity (Wildman–Crippen MR) is 120 cm³/mol. The lowest BCUT2D eigenvalue weighted by molar-refractivity contribution is -0.111. The number of pyridine rings is 1. The van der Waals surface area contributed by atoms with Crippen molar-refractivity contribution >= 4 is 39.4 Å². The van der Waals surface area contributed by atoms with Gasteiger partial charge in [0.2, 0.25) is 5.78 Å². The summed E-state index contributed by atoms with van der Waals surface area (Å²) < 4.78 is 1.77. The average molecular weight is 411 g/mol. The van der Waals surface area contributed by atoms with Gasteiger partial charge in [0.05, 0.1) is 17.4 Å². The number of nitrogen functional groups attached to an aromatic ring is 1. The zero-order valence-electron chi connectivity index (χ0n) is 17.2. The number of carbonyl (C=O) groups excluding carboxylic acids is 1. The molecule has 0 bridgehead atoms. The van der Waals surface area contributed by atoms with E-state index in [-0.39, 0.29) is 5.78 Å². The molecule has 8 nitrogen and oxygen atoms in total. The molecule has 154 valence electrons. The van der Waals surface area contributed by atoms with Crippen LogP contribution < -0.4 is 10.6 Å². The standard InChI is InChI=1S/C23H21N7O/c1-15(31)8-9-19-20-21(24)25-14-26-23(20)30(28-19)13-17-12-16-6-2-3-7-18(16)27-22(17)29-10-4-5-11-29/h2-3,6-7,12,14H,4-5,10-11,13H2,1H3,(H2,24,25,26). The summed E-state index contributed by atoms with van der Waals surface area (Å²) in [4.78, 5) is 27.1. The first-order valence-corrected chi connectivity index (χ1v) is 10.2. The number of rotatable bonds is 3. The SMILES string of the molecule is CC(=O)C#Cc1nn(Cc2cc3ccccc3nc2N2CCCC2)c2ncnc(N)c12. The lowest BCUT2D eigenvalue weighted by Crippen LogP contribution is -2.21. The van der Waals surface area contributed by atoms with Gasteiger partial charge in [-0.05, 0) is 36.8 Å². The molecular weight excluding hydrogens is 390 g/mol. The van der Waals surface area contributed by atoms with Crippen molar-refractivity contribution in [2.24, 2.45) is 0 Å². The van der Waals surface area contributed by atoms with Gasteiger partial charge < -0.3 is 10.6 Å². The molecule has 0 aliphatic carbocycles. The Morgan fingerprint density at radius 3 is 2.81 bits per heavy atom. The Labute approximate surface area is 179 Å². The van der Waals surface area contributed by atoms with E-state index in [1.54, 1.807) is 4.68 Å². The van der Waals surface area contributed by atoms with Crippen LogP contribution in [0, 0.1) is 11.8 Å². The minimum absolute atomic E-state index is 0.242. The van der Waals surface area contributed by atoms with E-state index in [0.29, 0.717) is 29.1 Å². The van der Waals surface area contributed by atoms with Crippen LogP contribution >= 0.6 is 0 Å². The Kier molecular flexibility index (Phi) is 4.71. The maximum Gasteiger partial charge on any atom is 0.202 e. The van der Waals surface area contributed by atoms with Crippen LogP contribution in [0.2, 0.25) is 0 Å². The fraction of sp³-hybridized carbons (Fsp3) is 0.261. The van der Waals surface area contributed by atoms with Gasteiger partial charge >= 0.3 is 0 Å². The molecule has 1 aromatic carbocycles. The highest BCUT2D eigenvalue weighted by Crippen LogP contribution is 2.29. The number of carbonyl (C=O) groups is 1. The Hall–Kier alpha value is -3.99. The second-order valence-electron chi connectivity index (χ2n) is 7.63. The van der Waals surface area contributed by atoms with E-state index in [0.717, 1.165) is 48.2 Å². The van der Waals surface area contributed by atoms with Gasteiger partial charge in [-0.3, -0.25) is 4.79 Å². The average Bonchev–Trinajstić information content (AvgIpc) is 3.41. The summed E-state index contributed by atoms with van der Waals surface area (Å²) in [7, 11) is 0. The first-order chi connectivity index (χ1) is 15.1. The van der Waals surface area contributed by atoms with Crippen LogP contribution in [-0.4, -0.2) is 43.6 Å². The summed E-state index contributed by atoms with van der Waals surface area (Å²) in [6.07, 6.45) is 3.73. The molecule has 0 unspecified atom stereocenters. The molecule has 31 heavy (non-hydrogen) atoms. The summed E-state index contributed by atoms with van der Waals surface area (Å²) in [6, 6.07) is 10.3. The molecule has 4 aromatic rings. The van der Waals surface area contributed by atoms with Crippen LogP contribution in [0.1, 0.15) is 31.0 Å². The van der Waals surface area contributed by atoms with Crippen molar-refractivity contribution in [2.45, 2.75) is 26.3 Å². The third-order valence-corrected chi connectivity index (χ3v) is 5.42. The number of ketones is 1. The fourth-order valence-electron chi connectivity index (χ4n) is 4.01. The number of hydrogen-bond donors (Lipinski definition) is 1. The van der Waals surface area contributed by atoms with Crippen molar-refractivity contribution in [2.75, 3.05) is 23.7 Å². The van der Waals surface area contributed by atoms with E-state index in [1.807, 2.05) is 18.2 Å². The number of aromatic nitrogens is 5. The molecule has 3 aromatic heterocycles. The molecule has 1 aliphatic rings. The van der Waals surface area contributed by atoms with Crippen LogP contribution in [0.15, 0.2) is 36.7 Å². The number of nitrogens with two attached hydrogens (primary N) is 1. The Morgan fingerprint density at radius 1 is 1.19 bits per heavy atom. The molecule has 8 heteroatoms. The highest BCUT2D eigenvalue weighted by Gasteiger charge is 2.21. The summed E-state index contributed by atoms with van der Waals surface area (Å²) in [5.74, 6) is 6.38. The van der Waals surface area contributed by atoms with Gasteiger partial charge in [-0.2, -0.15) is 5.10 Å². The van der Waals surface area contributed by atoms with E-state index in [4.69, 9.17) is 10.7 Å². The van der Waals surface area contributed by atoms with Crippen LogP contribution in [0.5, 0.6) is 0 Å². The van der Waals surface area contributed by atoms with Crippen molar-refractivity contribution in [1.29, 1.82) is 0 Å². The molecule has 2 N–H and O–H groups in total. The van der Waals surface area contributed by atoms with Gasteiger partial charge in [-0.25, -0.2) is 19.6 Å². The molecule has 0 spiro atoms. The fourth-order valence-corrected chi connectivity index (χ4v) is 4.01. The Bertz CT molecular complexity index is 1370. The molecule has 0 radical (unpaired) electrons. The minimum Gasteiger partial charge on any atom is -0.383 e. The van der Waals surface area contributed by atoms with Crippen LogP contribution in [0.25, 0.3) is 21.9 Å². The van der Waals surface area contributed by atoms with E-state index < -0.39 is 0 Å². The Balaban J connectivity index is 1.66. The van der Waals surface area contributed by atoms with Crippen molar-refractivity contribution in [3.05, 3.63) is 47.9 Å². The number of hydrogen-bond acceptors (Lipinski definition) is 7. The lowest BCUT2D eigenvalue weighted by Gasteiger charge is -2.21. The monoisotopic (exact) mass is 411 g/mol. The number of para-hydroxylation sites is 1. The van der Waals surface area contributed by atoms with Crippen LogP contribution in [0.4, 0.5) is 11.6 Å². The van der Waals surface area contributed by atoms with Gasteiger partial charge in [0, 0.05) is 31.0 Å². The molecular formula is C23H21N7O. The Morgan fingerprint density at radius 2 is 2.00 bits per heavy atom. The third-order valence-electron chi connectivity index (χ3n) is 5.42. The summed E-state index contributed by atoms with van der Waals surface area (Å²) in [5.41, 5.74) is 9.10. The van der Waals surface area contributed by atoms with Crippen molar-refractivity contribution in [1.82, 2.24) is 24.7 Å². The lowest BCUT2D eigenvalue weighted by atomic mass is 10.1. The predicted octanol–water partition coefficient (Wildman–Crippen LogP) is 2.55. The zero-order valence-corrected chi connectivity index (χ0v) is 17.2. The van der Waals surface area contributed by atoms with Gasteiger partial charge in [0.1, 0.15) is 23.7 Å². The summed E-state index contributed by atoms with van der Waals surface area (Å²) in [6.45, 7) is 3.85. The van der Waals surface area contributed by atoms with E-state index in [1.165, 1.54) is 13.3 Å². The van der Waals surface area contributed by atoms with Crippen molar-refractivity contribution in [3.63, 3.8) is 0 Å². The highest BCUT2D eigenvalue weighted by atomic mass is 16.1. The summed E-state index contributed by atoms with van der Waals surface area (Å²) >= 11 is 0. The molecule has 1 fully saturated rings. The quantitative estimate of drug-likeness (QED) is 0.517. The molecule has 4 heterocycles. The first kappa shape index (κ1) is 19.0.